The van der Waals surface area contributed by atoms with Gasteiger partial charge in [0.1, 0.15) is 5.78 Å². The van der Waals surface area contributed by atoms with Gasteiger partial charge >= 0.3 is 0 Å². The van der Waals surface area contributed by atoms with Gasteiger partial charge in [0, 0.05) is 11.8 Å². The maximum atomic E-state index is 11.7. The van der Waals surface area contributed by atoms with Gasteiger partial charge in [0.2, 0.25) is 0 Å². The van der Waals surface area contributed by atoms with Crippen molar-refractivity contribution in [3.8, 4) is 0 Å². The van der Waals surface area contributed by atoms with Gasteiger partial charge in [0.25, 0.3) is 0 Å². The average molecular weight is 174 g/mol. The molecule has 1 aliphatic carbocycles. The summed E-state index contributed by atoms with van der Waals surface area (Å²) in [6, 6.07) is 8.24. The SMILES string of the molecule is CC1(C)Cc2ccccc2CC1=O. The molecule has 1 aliphatic rings. The standard InChI is InChI=1S/C12H14O/c1-12(2)8-10-6-4-3-5-9(10)7-11(12)13/h3-6H,7-8H2,1-2H3. The summed E-state index contributed by atoms with van der Waals surface area (Å²) in [5.74, 6) is 0.367. The lowest BCUT2D eigenvalue weighted by Crippen LogP contribution is -2.33. The largest absolute Gasteiger partial charge is 0.299 e. The van der Waals surface area contributed by atoms with E-state index in [1.807, 2.05) is 26.0 Å². The Kier molecular flexibility index (Phi) is 1.76. The first-order chi connectivity index (χ1) is 6.09. The molecule has 1 nitrogen and oxygen atoms in total. The van der Waals surface area contributed by atoms with E-state index in [2.05, 4.69) is 12.1 Å². The monoisotopic (exact) mass is 174 g/mol. The van der Waals surface area contributed by atoms with E-state index in [4.69, 9.17) is 0 Å². The molecule has 1 aromatic carbocycles. The fraction of sp³-hybridized carbons (Fsp3) is 0.417. The van der Waals surface area contributed by atoms with Gasteiger partial charge in [-0.15, -0.1) is 0 Å². The molecule has 13 heavy (non-hydrogen) atoms. The minimum atomic E-state index is -0.158. The number of hydrogen-bond donors (Lipinski definition) is 0. The lowest BCUT2D eigenvalue weighted by molar-refractivity contribution is -0.127. The minimum absolute atomic E-state index is 0.158. The molecule has 0 spiro atoms. The van der Waals surface area contributed by atoms with Crippen LogP contribution >= 0.6 is 0 Å². The van der Waals surface area contributed by atoms with Gasteiger partial charge in [-0.25, -0.2) is 0 Å². The molecule has 0 saturated heterocycles. The van der Waals surface area contributed by atoms with Crippen LogP contribution < -0.4 is 0 Å². The second kappa shape index (κ2) is 2.69. The van der Waals surface area contributed by atoms with E-state index >= 15 is 0 Å². The van der Waals surface area contributed by atoms with Crippen LogP contribution in [0.3, 0.4) is 0 Å². The van der Waals surface area contributed by atoms with Crippen LogP contribution in [0.25, 0.3) is 0 Å². The highest BCUT2D eigenvalue weighted by molar-refractivity contribution is 5.88. The molecule has 0 heterocycles. The van der Waals surface area contributed by atoms with E-state index in [-0.39, 0.29) is 5.41 Å². The third kappa shape index (κ3) is 1.39. The van der Waals surface area contributed by atoms with Crippen LogP contribution in [0.4, 0.5) is 0 Å². The van der Waals surface area contributed by atoms with E-state index in [9.17, 15) is 4.79 Å². The molecule has 68 valence electrons. The second-order valence-corrected chi connectivity index (χ2v) is 4.43. The summed E-state index contributed by atoms with van der Waals surface area (Å²) in [5, 5.41) is 0. The zero-order chi connectivity index (χ0) is 9.47. The molecular formula is C12H14O. The molecular weight excluding hydrogens is 160 g/mol. The smallest absolute Gasteiger partial charge is 0.143 e. The molecule has 0 radical (unpaired) electrons. The van der Waals surface area contributed by atoms with Gasteiger partial charge in [-0.2, -0.15) is 0 Å². The number of carbonyl (C=O) groups is 1. The van der Waals surface area contributed by atoms with Gasteiger partial charge in [-0.1, -0.05) is 38.1 Å². The number of benzene rings is 1. The van der Waals surface area contributed by atoms with Gasteiger partial charge < -0.3 is 0 Å². The van der Waals surface area contributed by atoms with E-state index in [0.29, 0.717) is 12.2 Å². The molecule has 1 heteroatoms. The Morgan fingerprint density at radius 3 is 2.46 bits per heavy atom. The fourth-order valence-electron chi connectivity index (χ4n) is 1.89. The highest BCUT2D eigenvalue weighted by Gasteiger charge is 2.32. The third-order valence-electron chi connectivity index (χ3n) is 2.86. The maximum Gasteiger partial charge on any atom is 0.143 e. The molecule has 2 rings (SSSR count). The topological polar surface area (TPSA) is 17.1 Å². The van der Waals surface area contributed by atoms with Crippen molar-refractivity contribution in [2.75, 3.05) is 0 Å². The number of carbonyl (C=O) groups excluding carboxylic acids is 1. The van der Waals surface area contributed by atoms with Crippen molar-refractivity contribution in [2.45, 2.75) is 26.7 Å². The maximum absolute atomic E-state index is 11.7. The van der Waals surface area contributed by atoms with Crippen LogP contribution in [-0.2, 0) is 17.6 Å². The van der Waals surface area contributed by atoms with Crippen LogP contribution in [0.2, 0.25) is 0 Å². The van der Waals surface area contributed by atoms with Crippen LogP contribution in [0.15, 0.2) is 24.3 Å². The normalized spacial score (nSPS) is 19.7. The van der Waals surface area contributed by atoms with Gasteiger partial charge in [0.05, 0.1) is 0 Å². The first-order valence-corrected chi connectivity index (χ1v) is 4.70. The van der Waals surface area contributed by atoms with Gasteiger partial charge in [-0.05, 0) is 17.5 Å². The summed E-state index contributed by atoms with van der Waals surface area (Å²) in [7, 11) is 0. The Balaban J connectivity index is 2.44. The summed E-state index contributed by atoms with van der Waals surface area (Å²) in [6.45, 7) is 4.07. The fourth-order valence-corrected chi connectivity index (χ4v) is 1.89. The summed E-state index contributed by atoms with van der Waals surface area (Å²) < 4.78 is 0. The van der Waals surface area contributed by atoms with Crippen molar-refractivity contribution in [1.82, 2.24) is 0 Å². The summed E-state index contributed by atoms with van der Waals surface area (Å²) in [6.07, 6.45) is 1.51. The van der Waals surface area contributed by atoms with Crippen LogP contribution in [0.1, 0.15) is 25.0 Å². The predicted molar refractivity (Wildman–Crippen MR) is 52.6 cm³/mol. The Morgan fingerprint density at radius 2 is 1.77 bits per heavy atom. The Morgan fingerprint density at radius 1 is 1.15 bits per heavy atom. The third-order valence-corrected chi connectivity index (χ3v) is 2.86. The highest BCUT2D eigenvalue weighted by Crippen LogP contribution is 2.31. The summed E-state index contributed by atoms with van der Waals surface area (Å²) >= 11 is 0. The molecule has 1 aromatic rings. The lowest BCUT2D eigenvalue weighted by Gasteiger charge is -2.29. The van der Waals surface area contributed by atoms with Crippen LogP contribution in [-0.4, -0.2) is 5.78 Å². The van der Waals surface area contributed by atoms with E-state index in [1.54, 1.807) is 0 Å². The number of Topliss-reactive ketones (excluding diaryl/α,β-unsaturated/α-hetero) is 1. The van der Waals surface area contributed by atoms with E-state index in [1.165, 1.54) is 11.1 Å². The molecule has 0 N–H and O–H groups in total. The first-order valence-electron chi connectivity index (χ1n) is 4.70. The molecule has 0 unspecified atom stereocenters. The predicted octanol–water partition coefficient (Wildman–Crippen LogP) is 2.38. The van der Waals surface area contributed by atoms with Crippen LogP contribution in [0, 0.1) is 5.41 Å². The Hall–Kier alpha value is -1.11. The van der Waals surface area contributed by atoms with E-state index < -0.39 is 0 Å². The van der Waals surface area contributed by atoms with Crippen molar-refractivity contribution in [2.24, 2.45) is 5.41 Å². The molecule has 0 saturated carbocycles. The van der Waals surface area contributed by atoms with Crippen molar-refractivity contribution >= 4 is 5.78 Å². The van der Waals surface area contributed by atoms with Crippen LogP contribution in [0.5, 0.6) is 0 Å². The summed E-state index contributed by atoms with van der Waals surface area (Å²) in [5.41, 5.74) is 2.40. The number of fused-ring (bicyclic) bond motifs is 1. The number of rotatable bonds is 0. The quantitative estimate of drug-likeness (QED) is 0.590. The molecule has 0 amide bonds. The van der Waals surface area contributed by atoms with Gasteiger partial charge in [0.15, 0.2) is 0 Å². The van der Waals surface area contributed by atoms with Crippen molar-refractivity contribution < 1.29 is 4.79 Å². The minimum Gasteiger partial charge on any atom is -0.299 e. The van der Waals surface area contributed by atoms with Crippen molar-refractivity contribution in [3.05, 3.63) is 35.4 Å². The zero-order valence-corrected chi connectivity index (χ0v) is 8.13. The molecule has 0 aromatic heterocycles. The Labute approximate surface area is 78.8 Å². The number of hydrogen-bond acceptors (Lipinski definition) is 1. The molecule has 0 aliphatic heterocycles. The molecule has 0 atom stereocenters. The molecule has 0 bridgehead atoms. The van der Waals surface area contributed by atoms with Crippen molar-refractivity contribution in [1.29, 1.82) is 0 Å². The van der Waals surface area contributed by atoms with E-state index in [0.717, 1.165) is 6.42 Å². The van der Waals surface area contributed by atoms with Crippen molar-refractivity contribution in [3.63, 3.8) is 0 Å². The number of ketones is 1. The summed E-state index contributed by atoms with van der Waals surface area (Å²) in [4.78, 5) is 11.7. The average Bonchev–Trinajstić information content (AvgIpc) is 2.06. The second-order valence-electron chi connectivity index (χ2n) is 4.43. The Bertz CT molecular complexity index is 350. The zero-order valence-electron chi connectivity index (χ0n) is 8.13. The van der Waals surface area contributed by atoms with Gasteiger partial charge in [-0.3, -0.25) is 4.79 Å². The first kappa shape index (κ1) is 8.49. The lowest BCUT2D eigenvalue weighted by atomic mass is 9.73. The molecule has 0 fully saturated rings. The highest BCUT2D eigenvalue weighted by atomic mass is 16.1.